The van der Waals surface area contributed by atoms with Crippen LogP contribution < -0.4 is 10.1 Å². The van der Waals surface area contributed by atoms with Crippen molar-refractivity contribution in [3.63, 3.8) is 0 Å². The van der Waals surface area contributed by atoms with Gasteiger partial charge < -0.3 is 14.8 Å². The highest BCUT2D eigenvalue weighted by Crippen LogP contribution is 2.45. The third-order valence-electron chi connectivity index (χ3n) is 5.91. The lowest BCUT2D eigenvalue weighted by molar-refractivity contribution is -0.139. The van der Waals surface area contributed by atoms with Crippen LogP contribution in [0.15, 0.2) is 77.1 Å². The summed E-state index contributed by atoms with van der Waals surface area (Å²) < 4.78 is 11.3. The predicted molar refractivity (Wildman–Crippen MR) is 119 cm³/mol. The summed E-state index contributed by atoms with van der Waals surface area (Å²) in [7, 11) is 1.60. The van der Waals surface area contributed by atoms with Crippen LogP contribution in [0.3, 0.4) is 0 Å². The summed E-state index contributed by atoms with van der Waals surface area (Å²) in [5.74, 6) is -0.167. The van der Waals surface area contributed by atoms with E-state index in [0.717, 1.165) is 35.4 Å². The van der Waals surface area contributed by atoms with Crippen molar-refractivity contribution in [3.05, 3.63) is 88.3 Å². The molecule has 5 heteroatoms. The van der Waals surface area contributed by atoms with Crippen LogP contribution in [-0.2, 0) is 20.7 Å². The molecule has 1 heterocycles. The first-order valence-electron chi connectivity index (χ1n) is 10.7. The second-order valence-electron chi connectivity index (χ2n) is 7.88. The number of ketones is 1. The van der Waals surface area contributed by atoms with Gasteiger partial charge in [0.25, 0.3) is 0 Å². The van der Waals surface area contributed by atoms with E-state index in [2.05, 4.69) is 5.32 Å². The van der Waals surface area contributed by atoms with Crippen LogP contribution in [0.1, 0.15) is 43.2 Å². The molecule has 2 aromatic carbocycles. The van der Waals surface area contributed by atoms with Gasteiger partial charge in [-0.1, -0.05) is 48.5 Å². The Labute approximate surface area is 182 Å². The fourth-order valence-corrected chi connectivity index (χ4v) is 4.45. The van der Waals surface area contributed by atoms with Crippen molar-refractivity contribution >= 4 is 11.8 Å². The van der Waals surface area contributed by atoms with E-state index in [-0.39, 0.29) is 12.4 Å². The minimum absolute atomic E-state index is 0.0757. The second kappa shape index (κ2) is 9.21. The molecule has 1 N–H and O–H groups in total. The van der Waals surface area contributed by atoms with Gasteiger partial charge in [0.1, 0.15) is 5.75 Å². The molecule has 0 radical (unpaired) electrons. The van der Waals surface area contributed by atoms with E-state index >= 15 is 0 Å². The van der Waals surface area contributed by atoms with Crippen LogP contribution in [0.25, 0.3) is 0 Å². The first-order chi connectivity index (χ1) is 15.1. The lowest BCUT2D eigenvalue weighted by Crippen LogP contribution is -2.34. The first kappa shape index (κ1) is 20.9. The molecule has 1 unspecified atom stereocenters. The number of nitrogens with one attached hydrogen (secondary N) is 1. The zero-order chi connectivity index (χ0) is 21.8. The minimum Gasteiger partial charge on any atom is -0.496 e. The fraction of sp³-hybridized carbons (Fsp3) is 0.308. The van der Waals surface area contributed by atoms with Gasteiger partial charge in [-0.25, -0.2) is 4.79 Å². The molecule has 0 fully saturated rings. The molecule has 0 amide bonds. The summed E-state index contributed by atoms with van der Waals surface area (Å²) in [4.78, 5) is 26.2. The van der Waals surface area contributed by atoms with Crippen LogP contribution in [0.2, 0.25) is 0 Å². The quantitative estimate of drug-likeness (QED) is 0.704. The Morgan fingerprint density at radius 3 is 2.58 bits per heavy atom. The van der Waals surface area contributed by atoms with Crippen LogP contribution in [-0.4, -0.2) is 25.5 Å². The Morgan fingerprint density at radius 1 is 1.06 bits per heavy atom. The molecule has 31 heavy (non-hydrogen) atoms. The van der Waals surface area contributed by atoms with Crippen molar-refractivity contribution < 1.29 is 19.1 Å². The Hall–Kier alpha value is -3.34. The summed E-state index contributed by atoms with van der Waals surface area (Å²) in [6, 6.07) is 17.5. The molecule has 2 aromatic rings. The molecule has 1 aliphatic heterocycles. The number of dihydropyridines is 1. The van der Waals surface area contributed by atoms with Gasteiger partial charge in [-0.05, 0) is 31.4 Å². The molecule has 1 atom stereocenters. The zero-order valence-electron chi connectivity index (χ0n) is 17.9. The number of ether oxygens (including phenoxy) is 2. The van der Waals surface area contributed by atoms with Crippen LogP contribution in [0.4, 0.5) is 0 Å². The number of rotatable bonds is 6. The summed E-state index contributed by atoms with van der Waals surface area (Å²) in [5, 5.41) is 3.32. The molecule has 0 bridgehead atoms. The van der Waals surface area contributed by atoms with Gasteiger partial charge in [0.05, 0.1) is 25.2 Å². The molecule has 2 aliphatic rings. The number of methoxy groups -OCH3 is 1. The standard InChI is InChI=1S/C26H27NO4/c1-17-23(26(29)31-16-15-18-9-4-3-5-10-18)24(19-11-6-7-14-22(19)30-2)25-20(27-17)12-8-13-21(25)28/h3-7,9-11,14,24,27H,8,12-13,15-16H2,1-2H3. The van der Waals surface area contributed by atoms with Gasteiger partial charge in [-0.3, -0.25) is 4.79 Å². The van der Waals surface area contributed by atoms with Gasteiger partial charge in [-0.2, -0.15) is 0 Å². The zero-order valence-corrected chi connectivity index (χ0v) is 17.9. The molecule has 1 aliphatic carbocycles. The smallest absolute Gasteiger partial charge is 0.336 e. The van der Waals surface area contributed by atoms with E-state index in [0.29, 0.717) is 29.7 Å². The molecule has 0 saturated carbocycles. The van der Waals surface area contributed by atoms with E-state index in [1.807, 2.05) is 61.5 Å². The van der Waals surface area contributed by atoms with Crippen molar-refractivity contribution in [2.24, 2.45) is 0 Å². The molecule has 0 spiro atoms. The lowest BCUT2D eigenvalue weighted by Gasteiger charge is -2.34. The Balaban J connectivity index is 1.67. The summed E-state index contributed by atoms with van der Waals surface area (Å²) in [6.07, 6.45) is 2.73. The van der Waals surface area contributed by atoms with Crippen molar-refractivity contribution in [1.82, 2.24) is 5.32 Å². The summed E-state index contributed by atoms with van der Waals surface area (Å²) >= 11 is 0. The highest BCUT2D eigenvalue weighted by molar-refractivity contribution is 6.04. The van der Waals surface area contributed by atoms with Crippen molar-refractivity contribution in [3.8, 4) is 5.75 Å². The number of Topliss-reactive ketones (excluding diaryl/α,β-unsaturated/α-hetero) is 1. The number of esters is 1. The Kier molecular flexibility index (Phi) is 6.21. The van der Waals surface area contributed by atoms with Gasteiger partial charge in [0.2, 0.25) is 0 Å². The van der Waals surface area contributed by atoms with Gasteiger partial charge in [-0.15, -0.1) is 0 Å². The average Bonchev–Trinajstić information content (AvgIpc) is 2.79. The molecule has 4 rings (SSSR count). The van der Waals surface area contributed by atoms with Gasteiger partial charge >= 0.3 is 5.97 Å². The number of benzene rings is 2. The second-order valence-corrected chi connectivity index (χ2v) is 7.88. The Morgan fingerprint density at radius 2 is 1.81 bits per heavy atom. The highest BCUT2D eigenvalue weighted by Gasteiger charge is 2.40. The first-order valence-corrected chi connectivity index (χ1v) is 10.7. The number of para-hydroxylation sites is 1. The van der Waals surface area contributed by atoms with Crippen LogP contribution in [0, 0.1) is 0 Å². The number of hydrogen-bond donors (Lipinski definition) is 1. The average molecular weight is 418 g/mol. The summed E-state index contributed by atoms with van der Waals surface area (Å²) in [6.45, 7) is 2.15. The fourth-order valence-electron chi connectivity index (χ4n) is 4.45. The predicted octanol–water partition coefficient (Wildman–Crippen LogP) is 4.45. The maximum atomic E-state index is 13.3. The SMILES string of the molecule is COc1ccccc1C1C(C(=O)OCCc2ccccc2)=C(C)NC2=C1C(=O)CCC2. The van der Waals surface area contributed by atoms with Crippen molar-refractivity contribution in [2.45, 2.75) is 38.5 Å². The lowest BCUT2D eigenvalue weighted by atomic mass is 9.75. The molecule has 5 nitrogen and oxygen atoms in total. The van der Waals surface area contributed by atoms with E-state index in [9.17, 15) is 9.59 Å². The number of carbonyl (C=O) groups is 2. The highest BCUT2D eigenvalue weighted by atomic mass is 16.5. The van der Waals surface area contributed by atoms with Crippen molar-refractivity contribution in [2.75, 3.05) is 13.7 Å². The summed E-state index contributed by atoms with van der Waals surface area (Å²) in [5.41, 5.74) is 4.70. The largest absolute Gasteiger partial charge is 0.496 e. The third kappa shape index (κ3) is 4.26. The van der Waals surface area contributed by atoms with E-state index in [4.69, 9.17) is 9.47 Å². The van der Waals surface area contributed by atoms with E-state index in [1.54, 1.807) is 7.11 Å². The maximum absolute atomic E-state index is 13.3. The van der Waals surface area contributed by atoms with Crippen LogP contribution in [0.5, 0.6) is 5.75 Å². The van der Waals surface area contributed by atoms with Gasteiger partial charge in [0, 0.05) is 35.4 Å². The molecule has 160 valence electrons. The topological polar surface area (TPSA) is 64.6 Å². The number of allylic oxidation sites excluding steroid dienone is 3. The van der Waals surface area contributed by atoms with E-state index < -0.39 is 11.9 Å². The van der Waals surface area contributed by atoms with Gasteiger partial charge in [0.15, 0.2) is 5.78 Å². The normalized spacial score (nSPS) is 18.4. The minimum atomic E-state index is -0.496. The number of hydrogen-bond acceptors (Lipinski definition) is 5. The molecule has 0 saturated heterocycles. The Bertz CT molecular complexity index is 1050. The molecule has 0 aromatic heterocycles. The monoisotopic (exact) mass is 417 g/mol. The molecular formula is C26H27NO4. The maximum Gasteiger partial charge on any atom is 0.336 e. The van der Waals surface area contributed by atoms with E-state index in [1.165, 1.54) is 0 Å². The number of carbonyl (C=O) groups excluding carboxylic acids is 2. The van der Waals surface area contributed by atoms with Crippen LogP contribution >= 0.6 is 0 Å². The third-order valence-corrected chi connectivity index (χ3v) is 5.91. The molecular weight excluding hydrogens is 390 g/mol. The van der Waals surface area contributed by atoms with Crippen molar-refractivity contribution in [1.29, 1.82) is 0 Å².